The van der Waals surface area contributed by atoms with E-state index in [-0.39, 0.29) is 51.0 Å². The van der Waals surface area contributed by atoms with E-state index in [0.717, 1.165) is 0 Å². The Morgan fingerprint density at radius 3 is 1.48 bits per heavy atom. The molecule has 0 fully saturated rings. The largest absolute Gasteiger partial charge is 4.00 e. The van der Waals surface area contributed by atoms with Gasteiger partial charge in [0, 0.05) is 0 Å². The summed E-state index contributed by atoms with van der Waals surface area (Å²) in [4.78, 5) is 0. The van der Waals surface area contributed by atoms with E-state index in [1.165, 1.54) is 43.4 Å². The number of benzene rings is 4. The Labute approximate surface area is 214 Å². The minimum absolute atomic E-state index is 0. The van der Waals surface area contributed by atoms with Gasteiger partial charge in [-0.3, -0.25) is 0 Å². The van der Waals surface area contributed by atoms with Crippen molar-refractivity contribution in [2.75, 3.05) is 0 Å². The monoisotopic (exact) mass is 516 g/mol. The van der Waals surface area contributed by atoms with Gasteiger partial charge in [-0.15, -0.1) is 86.4 Å². The summed E-state index contributed by atoms with van der Waals surface area (Å²) in [6.45, 7) is 0. The smallest absolute Gasteiger partial charge is 1.00 e. The maximum absolute atomic E-state index is 2.24. The fourth-order valence-corrected chi connectivity index (χ4v) is 3.92. The Bertz CT molecular complexity index is 1310. The maximum atomic E-state index is 2.24. The van der Waals surface area contributed by atoms with Crippen LogP contribution in [0.2, 0.25) is 0 Å². The van der Waals surface area contributed by atoms with E-state index in [0.29, 0.717) is 0 Å². The van der Waals surface area contributed by atoms with Crippen molar-refractivity contribution in [3.05, 3.63) is 121 Å². The molecule has 31 heavy (non-hydrogen) atoms. The van der Waals surface area contributed by atoms with Crippen LogP contribution in [0.15, 0.2) is 121 Å². The molecule has 6 aromatic carbocycles. The van der Waals surface area contributed by atoms with Gasteiger partial charge in [-0.05, 0) is 0 Å². The van der Waals surface area contributed by atoms with Gasteiger partial charge in [0.25, 0.3) is 0 Å². The Kier molecular flexibility index (Phi) is 9.26. The molecule has 3 heteroatoms. The minimum Gasteiger partial charge on any atom is -1.00 e. The number of hydrogen-bond donors (Lipinski definition) is 0. The van der Waals surface area contributed by atoms with Gasteiger partial charge < -0.3 is 24.8 Å². The molecular formula is C28H20Cl2Zr. The van der Waals surface area contributed by atoms with Crippen molar-refractivity contribution in [2.24, 2.45) is 0 Å². The van der Waals surface area contributed by atoms with Gasteiger partial charge in [0.05, 0.1) is 0 Å². The second-order valence-corrected chi connectivity index (χ2v) is 7.02. The molecule has 0 amide bonds. The zero-order valence-electron chi connectivity index (χ0n) is 16.8. The minimum atomic E-state index is 0. The third-order valence-corrected chi connectivity index (χ3v) is 5.29. The molecule has 0 radical (unpaired) electrons. The molecule has 0 unspecified atom stereocenters. The molecule has 0 saturated carbocycles. The van der Waals surface area contributed by atoms with Crippen molar-refractivity contribution in [2.45, 2.75) is 0 Å². The Balaban J connectivity index is 0.000000202. The summed E-state index contributed by atoms with van der Waals surface area (Å²) < 4.78 is 0. The summed E-state index contributed by atoms with van der Waals surface area (Å²) in [5, 5.41) is 8.05. The molecule has 6 aromatic rings. The molecule has 150 valence electrons. The van der Waals surface area contributed by atoms with Gasteiger partial charge in [-0.1, -0.05) is 78.4 Å². The first-order valence-electron chi connectivity index (χ1n) is 9.63. The third kappa shape index (κ3) is 5.18. The average molecular weight is 519 g/mol. The predicted molar refractivity (Wildman–Crippen MR) is 122 cm³/mol. The zero-order chi connectivity index (χ0) is 18.8. The summed E-state index contributed by atoms with van der Waals surface area (Å²) >= 11 is 0. The molecule has 0 aromatic heterocycles. The average Bonchev–Trinajstić information content (AvgIpc) is 3.36. The van der Waals surface area contributed by atoms with E-state index < -0.39 is 0 Å². The molecule has 0 bridgehead atoms. The van der Waals surface area contributed by atoms with Crippen molar-refractivity contribution in [3.8, 4) is 11.1 Å². The van der Waals surface area contributed by atoms with Crippen LogP contribution in [0.3, 0.4) is 0 Å². The van der Waals surface area contributed by atoms with E-state index in [1.54, 1.807) is 0 Å². The molecule has 0 heterocycles. The molecule has 0 aliphatic heterocycles. The Morgan fingerprint density at radius 2 is 0.903 bits per heavy atom. The van der Waals surface area contributed by atoms with Gasteiger partial charge in [0.1, 0.15) is 0 Å². The van der Waals surface area contributed by atoms with Crippen LogP contribution in [0.4, 0.5) is 0 Å². The van der Waals surface area contributed by atoms with Gasteiger partial charge in [-0.25, -0.2) is 0 Å². The normalized spacial score (nSPS) is 9.81. The standard InChI is InChI=1S/C15H11.C13H9.2ClH.Zr/c1-2-6-12(7-3-1)15-11-10-13-8-4-5-9-14(13)15;1-3-7-12-10(5-1)9-11-6-2-4-8-13(11)12;;;/h1-11H;1-9H;2*1H;/q2*-1;;;+4/p-2. The molecular weight excluding hydrogens is 498 g/mol. The molecule has 0 aliphatic carbocycles. The molecule has 0 saturated heterocycles. The zero-order valence-corrected chi connectivity index (χ0v) is 20.8. The molecule has 0 N–H and O–H groups in total. The molecule has 0 atom stereocenters. The van der Waals surface area contributed by atoms with Crippen LogP contribution >= 0.6 is 0 Å². The van der Waals surface area contributed by atoms with E-state index in [4.69, 9.17) is 0 Å². The first-order chi connectivity index (χ1) is 13.9. The van der Waals surface area contributed by atoms with Crippen LogP contribution in [0.5, 0.6) is 0 Å². The fourth-order valence-electron chi connectivity index (χ4n) is 3.92. The van der Waals surface area contributed by atoms with Crippen LogP contribution in [0, 0.1) is 0 Å². The van der Waals surface area contributed by atoms with Crippen molar-refractivity contribution >= 4 is 32.3 Å². The van der Waals surface area contributed by atoms with Gasteiger partial charge in [-0.2, -0.15) is 0 Å². The summed E-state index contributed by atoms with van der Waals surface area (Å²) in [5.74, 6) is 0. The van der Waals surface area contributed by atoms with Crippen LogP contribution < -0.4 is 24.8 Å². The second-order valence-electron chi connectivity index (χ2n) is 7.02. The van der Waals surface area contributed by atoms with Crippen LogP contribution in [-0.4, -0.2) is 0 Å². The number of hydrogen-bond acceptors (Lipinski definition) is 0. The SMILES string of the molecule is [Cl-].[Cl-].[Zr+4].c1ccc(-c2c[cH-]c3ccccc23)cc1.c1ccc2c(c1)[cH-]c1ccccc12. The first-order valence-corrected chi connectivity index (χ1v) is 9.63. The van der Waals surface area contributed by atoms with Crippen molar-refractivity contribution in [1.29, 1.82) is 0 Å². The number of fused-ring (bicyclic) bond motifs is 4. The second kappa shape index (κ2) is 11.4. The van der Waals surface area contributed by atoms with Crippen LogP contribution in [0.1, 0.15) is 0 Å². The molecule has 0 spiro atoms. The van der Waals surface area contributed by atoms with Crippen LogP contribution in [0.25, 0.3) is 43.4 Å². The summed E-state index contributed by atoms with van der Waals surface area (Å²) in [6, 6.07) is 42.7. The predicted octanol–water partition coefficient (Wildman–Crippen LogP) is 1.94. The van der Waals surface area contributed by atoms with E-state index >= 15 is 0 Å². The van der Waals surface area contributed by atoms with Crippen molar-refractivity contribution in [1.82, 2.24) is 0 Å². The fraction of sp³-hybridized carbons (Fsp3) is 0. The van der Waals surface area contributed by atoms with E-state index in [2.05, 4.69) is 121 Å². The van der Waals surface area contributed by atoms with E-state index in [9.17, 15) is 0 Å². The summed E-state index contributed by atoms with van der Waals surface area (Å²) in [6.07, 6.45) is 0. The quantitative estimate of drug-likeness (QED) is 0.292. The van der Waals surface area contributed by atoms with Gasteiger partial charge in [0.2, 0.25) is 0 Å². The Morgan fingerprint density at radius 1 is 0.452 bits per heavy atom. The molecule has 6 rings (SSSR count). The molecule has 0 aliphatic rings. The third-order valence-electron chi connectivity index (χ3n) is 5.29. The van der Waals surface area contributed by atoms with Crippen molar-refractivity contribution in [3.63, 3.8) is 0 Å². The summed E-state index contributed by atoms with van der Waals surface area (Å²) in [5.41, 5.74) is 2.62. The number of halogens is 2. The maximum Gasteiger partial charge on any atom is 4.00 e. The van der Waals surface area contributed by atoms with Crippen molar-refractivity contribution < 1.29 is 51.0 Å². The van der Waals surface area contributed by atoms with Gasteiger partial charge in [0.15, 0.2) is 0 Å². The first kappa shape index (κ1) is 25.1. The number of rotatable bonds is 1. The van der Waals surface area contributed by atoms with Gasteiger partial charge >= 0.3 is 26.2 Å². The molecule has 0 nitrogen and oxygen atoms in total. The topological polar surface area (TPSA) is 0 Å². The van der Waals surface area contributed by atoms with E-state index in [1.807, 2.05) is 0 Å². The van der Waals surface area contributed by atoms with Crippen LogP contribution in [-0.2, 0) is 26.2 Å². The Hall–Kier alpha value is -2.18. The summed E-state index contributed by atoms with van der Waals surface area (Å²) in [7, 11) is 0.